The molecule has 0 aliphatic rings. The number of aromatic nitrogens is 2. The van der Waals surface area contributed by atoms with Gasteiger partial charge in [-0.2, -0.15) is 5.10 Å². The van der Waals surface area contributed by atoms with Crippen LogP contribution in [0.25, 0.3) is 22.5 Å². The quantitative estimate of drug-likeness (QED) is 0.696. The summed E-state index contributed by atoms with van der Waals surface area (Å²) in [5.74, 6) is 0.874. The molecule has 4 nitrogen and oxygen atoms in total. The van der Waals surface area contributed by atoms with Crippen molar-refractivity contribution >= 4 is 5.69 Å². The highest BCUT2D eigenvalue weighted by Crippen LogP contribution is 2.27. The minimum Gasteiger partial charge on any atom is -0.494 e. The van der Waals surface area contributed by atoms with E-state index in [-0.39, 0.29) is 0 Å². The Balaban J connectivity index is 1.87. The number of hydrogen-bond acceptors (Lipinski definition) is 3. The van der Waals surface area contributed by atoms with Gasteiger partial charge in [-0.15, -0.1) is 0 Å². The monoisotopic (exact) mass is 293 g/mol. The molecule has 0 saturated heterocycles. The summed E-state index contributed by atoms with van der Waals surface area (Å²) in [5, 5.41) is 7.45. The standard InChI is InChI=1S/C18H19N3O/c1-2-9-22-16-8-4-6-14(11-16)18-12-17(20-21-18)13-5-3-7-15(19)10-13/h3-8,10-12H,2,9,19H2,1H3,(H,20,21). The third-order valence-corrected chi connectivity index (χ3v) is 3.38. The van der Waals surface area contributed by atoms with Gasteiger partial charge in [0.25, 0.3) is 0 Å². The molecule has 4 heteroatoms. The molecule has 1 heterocycles. The van der Waals surface area contributed by atoms with Crippen LogP contribution in [0, 0.1) is 0 Å². The molecule has 112 valence electrons. The van der Waals surface area contributed by atoms with Gasteiger partial charge in [-0.25, -0.2) is 0 Å². The van der Waals surface area contributed by atoms with Crippen molar-refractivity contribution in [1.29, 1.82) is 0 Å². The molecule has 22 heavy (non-hydrogen) atoms. The lowest BCUT2D eigenvalue weighted by Crippen LogP contribution is -1.94. The third kappa shape index (κ3) is 3.11. The van der Waals surface area contributed by atoms with Gasteiger partial charge in [0.1, 0.15) is 5.75 Å². The molecule has 0 fully saturated rings. The van der Waals surface area contributed by atoms with Crippen LogP contribution in [0.1, 0.15) is 13.3 Å². The smallest absolute Gasteiger partial charge is 0.119 e. The number of nitrogen functional groups attached to an aromatic ring is 1. The van der Waals surface area contributed by atoms with Gasteiger partial charge in [0.2, 0.25) is 0 Å². The van der Waals surface area contributed by atoms with E-state index in [1.54, 1.807) is 0 Å². The molecule has 0 saturated carbocycles. The Hall–Kier alpha value is -2.75. The molecule has 0 aliphatic carbocycles. The maximum Gasteiger partial charge on any atom is 0.119 e. The largest absolute Gasteiger partial charge is 0.494 e. The molecule has 3 aromatic rings. The van der Waals surface area contributed by atoms with E-state index in [0.29, 0.717) is 0 Å². The number of ether oxygens (including phenoxy) is 1. The highest BCUT2D eigenvalue weighted by Gasteiger charge is 2.07. The summed E-state index contributed by atoms with van der Waals surface area (Å²) in [7, 11) is 0. The van der Waals surface area contributed by atoms with Crippen LogP contribution in [0.2, 0.25) is 0 Å². The van der Waals surface area contributed by atoms with Crippen LogP contribution >= 0.6 is 0 Å². The first-order valence-electron chi connectivity index (χ1n) is 7.41. The second-order valence-corrected chi connectivity index (χ2v) is 5.17. The molecule has 0 spiro atoms. The van der Waals surface area contributed by atoms with Crippen LogP contribution in [0.5, 0.6) is 5.75 Å². The maximum atomic E-state index is 5.83. The van der Waals surface area contributed by atoms with E-state index < -0.39 is 0 Å². The zero-order chi connectivity index (χ0) is 15.4. The van der Waals surface area contributed by atoms with E-state index in [2.05, 4.69) is 17.1 Å². The summed E-state index contributed by atoms with van der Waals surface area (Å²) in [6.45, 7) is 2.82. The molecule has 2 aromatic carbocycles. The predicted molar refractivity (Wildman–Crippen MR) is 89.7 cm³/mol. The first kappa shape index (κ1) is 14.2. The van der Waals surface area contributed by atoms with Crippen LogP contribution in [0.4, 0.5) is 5.69 Å². The van der Waals surface area contributed by atoms with Gasteiger partial charge in [0.15, 0.2) is 0 Å². The van der Waals surface area contributed by atoms with Crippen LogP contribution < -0.4 is 10.5 Å². The van der Waals surface area contributed by atoms with E-state index in [4.69, 9.17) is 10.5 Å². The third-order valence-electron chi connectivity index (χ3n) is 3.38. The molecule has 1 aromatic heterocycles. The first-order valence-corrected chi connectivity index (χ1v) is 7.41. The summed E-state index contributed by atoms with van der Waals surface area (Å²) < 4.78 is 5.67. The van der Waals surface area contributed by atoms with E-state index in [1.165, 1.54) is 0 Å². The molecule has 0 bridgehead atoms. The van der Waals surface area contributed by atoms with Gasteiger partial charge in [-0.1, -0.05) is 31.2 Å². The van der Waals surface area contributed by atoms with Crippen molar-refractivity contribution in [3.8, 4) is 28.3 Å². The Kier molecular flexibility index (Phi) is 4.10. The Bertz CT molecular complexity index is 764. The molecule has 0 unspecified atom stereocenters. The zero-order valence-corrected chi connectivity index (χ0v) is 12.5. The molecular weight excluding hydrogens is 274 g/mol. The molecular formula is C18H19N3O. The van der Waals surface area contributed by atoms with Crippen molar-refractivity contribution in [2.75, 3.05) is 12.3 Å². The summed E-state index contributed by atoms with van der Waals surface area (Å²) >= 11 is 0. The molecule has 3 N–H and O–H groups in total. The minimum absolute atomic E-state index is 0.723. The van der Waals surface area contributed by atoms with Gasteiger partial charge in [-0.3, -0.25) is 5.10 Å². The van der Waals surface area contributed by atoms with Crippen molar-refractivity contribution in [3.63, 3.8) is 0 Å². The van der Waals surface area contributed by atoms with Crippen molar-refractivity contribution in [2.24, 2.45) is 0 Å². The lowest BCUT2D eigenvalue weighted by Gasteiger charge is -2.05. The number of hydrogen-bond donors (Lipinski definition) is 2. The van der Waals surface area contributed by atoms with Crippen molar-refractivity contribution in [3.05, 3.63) is 54.6 Å². The van der Waals surface area contributed by atoms with Crippen molar-refractivity contribution in [1.82, 2.24) is 10.2 Å². The van der Waals surface area contributed by atoms with Crippen LogP contribution in [0.3, 0.4) is 0 Å². The lowest BCUT2D eigenvalue weighted by atomic mass is 10.1. The molecule has 0 radical (unpaired) electrons. The highest BCUT2D eigenvalue weighted by atomic mass is 16.5. The number of nitrogens with two attached hydrogens (primary N) is 1. The number of H-pyrrole nitrogens is 1. The summed E-state index contributed by atoms with van der Waals surface area (Å²) in [6, 6.07) is 17.7. The lowest BCUT2D eigenvalue weighted by molar-refractivity contribution is 0.317. The summed E-state index contributed by atoms with van der Waals surface area (Å²) in [5.41, 5.74) is 10.4. The van der Waals surface area contributed by atoms with Crippen LogP contribution in [0.15, 0.2) is 54.6 Å². The Morgan fingerprint density at radius 2 is 1.86 bits per heavy atom. The van der Waals surface area contributed by atoms with E-state index in [1.807, 2.05) is 54.6 Å². The second kappa shape index (κ2) is 6.35. The number of benzene rings is 2. The van der Waals surface area contributed by atoms with Gasteiger partial charge < -0.3 is 10.5 Å². The van der Waals surface area contributed by atoms with Gasteiger partial charge in [0.05, 0.1) is 18.0 Å². The van der Waals surface area contributed by atoms with Crippen molar-refractivity contribution < 1.29 is 4.74 Å². The summed E-state index contributed by atoms with van der Waals surface area (Å²) in [6.07, 6.45) is 0.994. The highest BCUT2D eigenvalue weighted by molar-refractivity contribution is 5.70. The minimum atomic E-state index is 0.723. The predicted octanol–water partition coefficient (Wildman–Crippen LogP) is 4.11. The normalized spacial score (nSPS) is 10.6. The SMILES string of the molecule is CCCOc1cccc(-c2cc(-c3cccc(N)c3)n[nH]2)c1. The van der Waals surface area contributed by atoms with Crippen LogP contribution in [-0.2, 0) is 0 Å². The fourth-order valence-electron chi connectivity index (χ4n) is 2.29. The molecule has 0 amide bonds. The van der Waals surface area contributed by atoms with Gasteiger partial charge >= 0.3 is 0 Å². The number of nitrogens with zero attached hydrogens (tertiary/aromatic N) is 1. The molecule has 0 atom stereocenters. The Morgan fingerprint density at radius 1 is 1.05 bits per heavy atom. The second-order valence-electron chi connectivity index (χ2n) is 5.17. The van der Waals surface area contributed by atoms with Gasteiger partial charge in [-0.05, 0) is 36.8 Å². The van der Waals surface area contributed by atoms with Gasteiger partial charge in [0, 0.05) is 16.8 Å². The fourth-order valence-corrected chi connectivity index (χ4v) is 2.29. The van der Waals surface area contributed by atoms with Crippen LogP contribution in [-0.4, -0.2) is 16.8 Å². The average molecular weight is 293 g/mol. The number of nitrogens with one attached hydrogen (secondary N) is 1. The van der Waals surface area contributed by atoms with E-state index in [0.717, 1.165) is 47.0 Å². The number of rotatable bonds is 5. The van der Waals surface area contributed by atoms with Crippen molar-refractivity contribution in [2.45, 2.75) is 13.3 Å². The Labute approximate surface area is 129 Å². The Morgan fingerprint density at radius 3 is 2.68 bits per heavy atom. The van der Waals surface area contributed by atoms with E-state index in [9.17, 15) is 0 Å². The first-order chi connectivity index (χ1) is 10.8. The number of anilines is 1. The topological polar surface area (TPSA) is 63.9 Å². The fraction of sp³-hybridized carbons (Fsp3) is 0.167. The summed E-state index contributed by atoms with van der Waals surface area (Å²) in [4.78, 5) is 0. The maximum absolute atomic E-state index is 5.83. The molecule has 3 rings (SSSR count). The number of aromatic amines is 1. The average Bonchev–Trinajstić information content (AvgIpc) is 3.03. The van der Waals surface area contributed by atoms with E-state index >= 15 is 0 Å². The molecule has 0 aliphatic heterocycles. The zero-order valence-electron chi connectivity index (χ0n) is 12.5.